The predicted octanol–water partition coefficient (Wildman–Crippen LogP) is 4.49. The second-order valence-electron chi connectivity index (χ2n) is 6.71. The first-order valence-electron chi connectivity index (χ1n) is 8.61. The van der Waals surface area contributed by atoms with Gasteiger partial charge in [-0.15, -0.1) is 11.3 Å². The van der Waals surface area contributed by atoms with Gasteiger partial charge >= 0.3 is 5.92 Å². The summed E-state index contributed by atoms with van der Waals surface area (Å²) in [7, 11) is 2.08. The molecule has 4 heterocycles. The van der Waals surface area contributed by atoms with Gasteiger partial charge in [-0.05, 0) is 19.2 Å². The largest absolute Gasteiger partial charge is 0.339 e. The van der Waals surface area contributed by atoms with Crippen LogP contribution in [0.25, 0.3) is 10.6 Å². The van der Waals surface area contributed by atoms with Crippen LogP contribution in [0.3, 0.4) is 0 Å². The van der Waals surface area contributed by atoms with Crippen LogP contribution in [-0.4, -0.2) is 38.4 Å². The van der Waals surface area contributed by atoms with Gasteiger partial charge in [0.2, 0.25) is 5.82 Å². The number of nitrogens with one attached hydrogen (secondary N) is 1. The number of rotatable bonds is 4. The molecule has 0 bridgehead atoms. The van der Waals surface area contributed by atoms with Crippen molar-refractivity contribution in [3.05, 3.63) is 46.1 Å². The summed E-state index contributed by atoms with van der Waals surface area (Å²) in [6, 6.07) is 3.16. The van der Waals surface area contributed by atoms with E-state index in [1.807, 2.05) is 0 Å². The lowest BCUT2D eigenvalue weighted by atomic mass is 10.2. The van der Waals surface area contributed by atoms with E-state index in [4.69, 9.17) is 16.6 Å². The summed E-state index contributed by atoms with van der Waals surface area (Å²) in [6.07, 6.45) is 3.82. The molecule has 0 aliphatic carbocycles. The lowest BCUT2D eigenvalue weighted by Gasteiger charge is -2.20. The fourth-order valence-electron chi connectivity index (χ4n) is 2.92. The molecule has 28 heavy (non-hydrogen) atoms. The van der Waals surface area contributed by atoms with Crippen LogP contribution in [0.2, 0.25) is 5.15 Å². The number of pyridine rings is 1. The summed E-state index contributed by atoms with van der Waals surface area (Å²) >= 11 is 7.67. The summed E-state index contributed by atoms with van der Waals surface area (Å²) in [5.41, 5.74) is 2.44. The third kappa shape index (κ3) is 3.96. The van der Waals surface area contributed by atoms with Crippen molar-refractivity contribution >= 4 is 34.4 Å². The number of fused-ring (bicyclic) bond motifs is 1. The zero-order chi connectivity index (χ0) is 19.9. The van der Waals surface area contributed by atoms with Crippen molar-refractivity contribution in [2.24, 2.45) is 0 Å². The first-order chi connectivity index (χ1) is 13.3. The lowest BCUT2D eigenvalue weighted by molar-refractivity contribution is 0.00783. The smallest absolute Gasteiger partial charge is 0.303 e. The van der Waals surface area contributed by atoms with Crippen molar-refractivity contribution in [1.82, 2.24) is 24.8 Å². The number of anilines is 2. The maximum atomic E-state index is 13.5. The molecule has 0 amide bonds. The first kappa shape index (κ1) is 19.1. The minimum atomic E-state index is -3.13. The van der Waals surface area contributed by atoms with Gasteiger partial charge in [0.15, 0.2) is 0 Å². The van der Waals surface area contributed by atoms with Gasteiger partial charge in [0.1, 0.15) is 16.0 Å². The Hall–Kier alpha value is -2.23. The Balaban J connectivity index is 1.70. The van der Waals surface area contributed by atoms with Crippen LogP contribution in [0.1, 0.15) is 23.3 Å². The van der Waals surface area contributed by atoms with E-state index in [0.717, 1.165) is 42.7 Å². The fourth-order valence-corrected chi connectivity index (χ4v) is 4.29. The Bertz CT molecular complexity index is 1020. The highest BCUT2D eigenvalue weighted by atomic mass is 35.5. The van der Waals surface area contributed by atoms with E-state index in [2.05, 4.69) is 32.2 Å². The minimum absolute atomic E-state index is 0.246. The second-order valence-corrected chi connectivity index (χ2v) is 8.18. The van der Waals surface area contributed by atoms with Crippen molar-refractivity contribution in [3.63, 3.8) is 0 Å². The van der Waals surface area contributed by atoms with Crippen LogP contribution in [0, 0.1) is 0 Å². The zero-order valence-corrected chi connectivity index (χ0v) is 16.8. The number of alkyl halides is 2. The van der Waals surface area contributed by atoms with Crippen molar-refractivity contribution in [2.45, 2.75) is 25.8 Å². The molecule has 0 spiro atoms. The highest BCUT2D eigenvalue weighted by molar-refractivity contribution is 7.15. The molecule has 0 atom stereocenters. The van der Waals surface area contributed by atoms with Crippen molar-refractivity contribution < 1.29 is 8.78 Å². The first-order valence-corrected chi connectivity index (χ1v) is 9.80. The quantitative estimate of drug-likeness (QED) is 0.625. The third-order valence-electron chi connectivity index (χ3n) is 4.33. The average Bonchev–Trinajstić information content (AvgIpc) is 3.04. The lowest BCUT2D eigenvalue weighted by Crippen LogP contribution is -2.25. The van der Waals surface area contributed by atoms with Gasteiger partial charge in [0, 0.05) is 43.7 Å². The zero-order valence-electron chi connectivity index (χ0n) is 15.2. The third-order valence-corrected chi connectivity index (χ3v) is 5.66. The second kappa shape index (κ2) is 7.31. The molecule has 0 fully saturated rings. The Morgan fingerprint density at radius 2 is 2.11 bits per heavy atom. The average molecular weight is 423 g/mol. The highest BCUT2D eigenvalue weighted by Crippen LogP contribution is 2.37. The number of thiazole rings is 1. The van der Waals surface area contributed by atoms with E-state index in [-0.39, 0.29) is 11.0 Å². The van der Waals surface area contributed by atoms with Gasteiger partial charge in [-0.3, -0.25) is 0 Å². The van der Waals surface area contributed by atoms with E-state index in [1.54, 1.807) is 23.6 Å². The molecule has 146 valence electrons. The monoisotopic (exact) mass is 422 g/mol. The van der Waals surface area contributed by atoms with E-state index in [1.165, 1.54) is 17.1 Å². The Morgan fingerprint density at radius 3 is 2.89 bits per heavy atom. The molecule has 0 saturated carbocycles. The van der Waals surface area contributed by atoms with E-state index < -0.39 is 11.7 Å². The van der Waals surface area contributed by atoms with Crippen LogP contribution >= 0.6 is 22.9 Å². The van der Waals surface area contributed by atoms with Crippen LogP contribution in [-0.2, 0) is 18.9 Å². The van der Waals surface area contributed by atoms with Crippen LogP contribution in [0.5, 0.6) is 0 Å². The van der Waals surface area contributed by atoms with E-state index >= 15 is 0 Å². The number of nitrogens with zero attached hydrogens (tertiary/aromatic N) is 5. The number of likely N-dealkylation sites (N-methyl/N-ethyl adjacent to an activating group) is 1. The number of halogens is 3. The number of hydrogen-bond acceptors (Lipinski definition) is 7. The Labute approximate surface area is 169 Å². The fraction of sp³-hybridized carbons (Fsp3) is 0.333. The van der Waals surface area contributed by atoms with Crippen molar-refractivity contribution in [1.29, 1.82) is 0 Å². The van der Waals surface area contributed by atoms with Gasteiger partial charge in [-0.25, -0.2) is 19.9 Å². The maximum absolute atomic E-state index is 13.5. The SMILES string of the molecule is CN1CCc2nc(-c3cnc(Cl)cc3Nc3ccnc(C(C)(F)F)n3)sc2C1. The molecule has 0 unspecified atom stereocenters. The van der Waals surface area contributed by atoms with E-state index in [9.17, 15) is 8.78 Å². The summed E-state index contributed by atoms with van der Waals surface area (Å²) < 4.78 is 27.1. The van der Waals surface area contributed by atoms with Crippen molar-refractivity contribution in [2.75, 3.05) is 18.9 Å². The Kier molecular flexibility index (Phi) is 4.98. The molecule has 1 aliphatic rings. The number of aromatic nitrogens is 4. The van der Waals surface area contributed by atoms with E-state index in [0.29, 0.717) is 5.69 Å². The standard InChI is InChI=1S/C18H17ClF2N6S/c1-18(20,21)17-22-5-3-15(26-17)24-12-7-14(19)23-8-10(12)16-25-11-4-6-27(2)9-13(11)28-16/h3,5,7-8H,4,6,9H2,1-2H3,(H,22,23,24,26). The van der Waals surface area contributed by atoms with Crippen LogP contribution in [0.15, 0.2) is 24.5 Å². The highest BCUT2D eigenvalue weighted by Gasteiger charge is 2.28. The minimum Gasteiger partial charge on any atom is -0.339 e. The van der Waals surface area contributed by atoms with Gasteiger partial charge in [0.25, 0.3) is 0 Å². The van der Waals surface area contributed by atoms with Crippen LogP contribution < -0.4 is 5.32 Å². The van der Waals surface area contributed by atoms with Gasteiger partial charge in [-0.1, -0.05) is 11.6 Å². The molecule has 0 aromatic carbocycles. The van der Waals surface area contributed by atoms with Crippen molar-refractivity contribution in [3.8, 4) is 10.6 Å². The molecule has 6 nitrogen and oxygen atoms in total. The molecule has 0 radical (unpaired) electrons. The molecule has 3 aromatic rings. The molecule has 1 N–H and O–H groups in total. The molecule has 4 rings (SSSR count). The molecule has 1 aliphatic heterocycles. The Morgan fingerprint density at radius 1 is 1.29 bits per heavy atom. The molecule has 10 heteroatoms. The van der Waals surface area contributed by atoms with Gasteiger partial charge in [-0.2, -0.15) is 8.78 Å². The molecule has 0 saturated heterocycles. The number of hydrogen-bond donors (Lipinski definition) is 1. The molecular weight excluding hydrogens is 406 g/mol. The van der Waals surface area contributed by atoms with Gasteiger partial charge in [0.05, 0.1) is 16.9 Å². The summed E-state index contributed by atoms with van der Waals surface area (Å²) in [6.45, 7) is 2.59. The maximum Gasteiger partial charge on any atom is 0.303 e. The predicted molar refractivity (Wildman–Crippen MR) is 105 cm³/mol. The van der Waals surface area contributed by atoms with Crippen LogP contribution in [0.4, 0.5) is 20.3 Å². The topological polar surface area (TPSA) is 66.8 Å². The summed E-state index contributed by atoms with van der Waals surface area (Å²) in [5, 5.41) is 4.15. The molecular formula is C18H17ClF2N6S. The summed E-state index contributed by atoms with van der Waals surface area (Å²) in [5.74, 6) is -3.43. The molecule has 3 aromatic heterocycles. The summed E-state index contributed by atoms with van der Waals surface area (Å²) in [4.78, 5) is 20.0. The normalized spacial score (nSPS) is 14.8. The van der Waals surface area contributed by atoms with Gasteiger partial charge < -0.3 is 10.2 Å².